The van der Waals surface area contributed by atoms with Crippen molar-refractivity contribution < 1.29 is 19.4 Å². The summed E-state index contributed by atoms with van der Waals surface area (Å²) in [6.45, 7) is 2.89. The molecule has 3 saturated heterocycles. The topological polar surface area (TPSA) is 59.0 Å². The van der Waals surface area contributed by atoms with E-state index in [1.807, 2.05) is 18.2 Å². The lowest BCUT2D eigenvalue weighted by Crippen LogP contribution is -2.53. The van der Waals surface area contributed by atoms with E-state index in [0.717, 1.165) is 32.5 Å². The molecule has 0 radical (unpaired) electrons. The van der Waals surface area contributed by atoms with Gasteiger partial charge in [-0.1, -0.05) is 42.5 Å². The number of rotatable bonds is 5. The molecule has 3 aliphatic rings. The Morgan fingerprint density at radius 2 is 1.67 bits per heavy atom. The van der Waals surface area contributed by atoms with Crippen LogP contribution in [0.2, 0.25) is 0 Å². The first-order chi connectivity index (χ1) is 13.1. The number of hydrogen-bond acceptors (Lipinski definition) is 5. The van der Waals surface area contributed by atoms with Crippen LogP contribution in [0.5, 0.6) is 5.75 Å². The van der Waals surface area contributed by atoms with Crippen LogP contribution in [0.25, 0.3) is 0 Å². The summed E-state index contributed by atoms with van der Waals surface area (Å²) in [4.78, 5) is 15.6. The van der Waals surface area contributed by atoms with Gasteiger partial charge in [-0.25, -0.2) is 4.79 Å². The molecule has 142 valence electrons. The lowest BCUT2D eigenvalue weighted by atomic mass is 9.84. The smallest absolute Gasteiger partial charge is 0.348 e. The predicted octanol–water partition coefficient (Wildman–Crippen LogP) is 2.57. The van der Waals surface area contributed by atoms with Crippen molar-refractivity contribution in [2.45, 2.75) is 24.5 Å². The van der Waals surface area contributed by atoms with Gasteiger partial charge in [-0.05, 0) is 55.1 Å². The van der Waals surface area contributed by atoms with Gasteiger partial charge in [0.05, 0.1) is 7.11 Å². The molecule has 1 N–H and O–H groups in total. The second-order valence-corrected chi connectivity index (χ2v) is 7.39. The van der Waals surface area contributed by atoms with E-state index in [1.54, 1.807) is 43.5 Å². The lowest BCUT2D eigenvalue weighted by molar-refractivity contribution is -0.177. The normalized spacial score (nSPS) is 26.2. The highest BCUT2D eigenvalue weighted by molar-refractivity contribution is 5.85. The lowest BCUT2D eigenvalue weighted by Gasteiger charge is -2.44. The number of carbonyl (C=O) groups excluding carboxylic acids is 1. The average Bonchev–Trinajstić information content (AvgIpc) is 2.74. The first-order valence-corrected chi connectivity index (χ1v) is 9.47. The van der Waals surface area contributed by atoms with E-state index in [4.69, 9.17) is 9.47 Å². The molecule has 3 fully saturated rings. The molecule has 3 aliphatic heterocycles. The molecule has 27 heavy (non-hydrogen) atoms. The highest BCUT2D eigenvalue weighted by Crippen LogP contribution is 2.35. The van der Waals surface area contributed by atoms with Crippen molar-refractivity contribution in [2.75, 3.05) is 26.7 Å². The van der Waals surface area contributed by atoms with Crippen LogP contribution in [0.4, 0.5) is 0 Å². The second kappa shape index (κ2) is 7.33. The summed E-state index contributed by atoms with van der Waals surface area (Å²) in [6, 6.07) is 15.9. The molecule has 2 bridgehead atoms. The Hall–Kier alpha value is -2.37. The SMILES string of the molecule is COc1ccc(C(O)(C(=O)OC2CN3CCC2CC3)c2ccccc2)cc1. The zero-order valence-corrected chi connectivity index (χ0v) is 15.5. The molecule has 2 aromatic carbocycles. The maximum absolute atomic E-state index is 13.2. The molecule has 3 heterocycles. The van der Waals surface area contributed by atoms with Crippen molar-refractivity contribution in [2.24, 2.45) is 5.92 Å². The molecule has 5 nitrogen and oxygen atoms in total. The van der Waals surface area contributed by atoms with Crippen molar-refractivity contribution in [3.8, 4) is 5.75 Å². The summed E-state index contributed by atoms with van der Waals surface area (Å²) < 4.78 is 11.1. The Morgan fingerprint density at radius 1 is 1.04 bits per heavy atom. The number of esters is 1. The fourth-order valence-corrected chi connectivity index (χ4v) is 4.18. The summed E-state index contributed by atoms with van der Waals surface area (Å²) in [5, 5.41) is 11.6. The van der Waals surface area contributed by atoms with Crippen molar-refractivity contribution in [1.29, 1.82) is 0 Å². The molecule has 5 rings (SSSR count). The van der Waals surface area contributed by atoms with Gasteiger partial charge in [0.25, 0.3) is 0 Å². The summed E-state index contributed by atoms with van der Waals surface area (Å²) >= 11 is 0. The van der Waals surface area contributed by atoms with Crippen LogP contribution in [-0.2, 0) is 15.1 Å². The second-order valence-electron chi connectivity index (χ2n) is 7.39. The summed E-state index contributed by atoms with van der Waals surface area (Å²) in [5.74, 6) is 0.437. The predicted molar refractivity (Wildman–Crippen MR) is 101 cm³/mol. The zero-order chi connectivity index (χ0) is 18.9. The Balaban J connectivity index is 1.66. The Morgan fingerprint density at radius 3 is 2.22 bits per heavy atom. The minimum absolute atomic E-state index is 0.159. The third kappa shape index (κ3) is 3.33. The first kappa shape index (κ1) is 18.0. The van der Waals surface area contributed by atoms with E-state index in [9.17, 15) is 9.90 Å². The molecule has 0 amide bonds. The fraction of sp³-hybridized carbons (Fsp3) is 0.409. The number of methoxy groups -OCH3 is 1. The molecule has 2 aromatic rings. The summed E-state index contributed by atoms with van der Waals surface area (Å²) in [7, 11) is 1.58. The van der Waals surface area contributed by atoms with Gasteiger partial charge in [-0.15, -0.1) is 0 Å². The highest BCUT2D eigenvalue weighted by Gasteiger charge is 2.45. The van der Waals surface area contributed by atoms with Crippen LogP contribution in [0, 0.1) is 5.92 Å². The molecule has 2 atom stereocenters. The van der Waals surface area contributed by atoms with Crippen LogP contribution in [0.15, 0.2) is 54.6 Å². The number of nitrogens with zero attached hydrogens (tertiary/aromatic N) is 1. The monoisotopic (exact) mass is 367 g/mol. The zero-order valence-electron chi connectivity index (χ0n) is 15.5. The van der Waals surface area contributed by atoms with Gasteiger partial charge < -0.3 is 14.6 Å². The number of fused-ring (bicyclic) bond motifs is 3. The maximum atomic E-state index is 13.2. The van der Waals surface area contributed by atoms with Gasteiger partial charge in [0.2, 0.25) is 5.60 Å². The van der Waals surface area contributed by atoms with Crippen molar-refractivity contribution in [1.82, 2.24) is 4.90 Å². The number of hydrogen-bond donors (Lipinski definition) is 1. The molecule has 2 unspecified atom stereocenters. The molecule has 0 spiro atoms. The first-order valence-electron chi connectivity index (χ1n) is 9.47. The molecular weight excluding hydrogens is 342 g/mol. The van der Waals surface area contributed by atoms with Crippen LogP contribution in [-0.4, -0.2) is 48.8 Å². The number of aliphatic hydroxyl groups is 1. The molecule has 0 saturated carbocycles. The summed E-state index contributed by atoms with van der Waals surface area (Å²) in [6.07, 6.45) is 1.93. The molecule has 0 aromatic heterocycles. The van der Waals surface area contributed by atoms with E-state index in [-0.39, 0.29) is 6.10 Å². The number of piperidine rings is 3. The standard InChI is InChI=1S/C22H25NO4/c1-26-19-9-7-18(8-10-19)22(25,17-5-3-2-4-6-17)21(24)27-20-15-23-13-11-16(20)12-14-23/h2-10,16,20,25H,11-15H2,1H3. The van der Waals surface area contributed by atoms with Gasteiger partial charge in [-0.2, -0.15) is 0 Å². The average molecular weight is 367 g/mol. The maximum Gasteiger partial charge on any atom is 0.348 e. The van der Waals surface area contributed by atoms with Gasteiger partial charge in [0, 0.05) is 6.54 Å². The fourth-order valence-electron chi connectivity index (χ4n) is 4.18. The third-order valence-electron chi connectivity index (χ3n) is 5.85. The van der Waals surface area contributed by atoms with Crippen LogP contribution < -0.4 is 4.74 Å². The Labute approximate surface area is 159 Å². The summed E-state index contributed by atoms with van der Waals surface area (Å²) in [5.41, 5.74) is -0.873. The van der Waals surface area contributed by atoms with Crippen molar-refractivity contribution >= 4 is 5.97 Å². The number of ether oxygens (including phenoxy) is 2. The van der Waals surface area contributed by atoms with Crippen molar-refractivity contribution in [3.05, 3.63) is 65.7 Å². The van der Waals surface area contributed by atoms with E-state index in [2.05, 4.69) is 4.90 Å². The molecular formula is C22H25NO4. The third-order valence-corrected chi connectivity index (χ3v) is 5.85. The number of carbonyl (C=O) groups is 1. The van der Waals surface area contributed by atoms with Crippen LogP contribution in [0.3, 0.4) is 0 Å². The van der Waals surface area contributed by atoms with E-state index in [0.29, 0.717) is 22.8 Å². The number of benzene rings is 2. The molecule has 5 heteroatoms. The van der Waals surface area contributed by atoms with Crippen molar-refractivity contribution in [3.63, 3.8) is 0 Å². The largest absolute Gasteiger partial charge is 0.497 e. The quantitative estimate of drug-likeness (QED) is 0.823. The van der Waals surface area contributed by atoms with Crippen LogP contribution in [0.1, 0.15) is 24.0 Å². The highest BCUT2D eigenvalue weighted by atomic mass is 16.6. The minimum Gasteiger partial charge on any atom is -0.497 e. The van der Waals surface area contributed by atoms with Gasteiger partial charge in [0.1, 0.15) is 11.9 Å². The minimum atomic E-state index is -1.85. The van der Waals surface area contributed by atoms with Crippen LogP contribution >= 0.6 is 0 Å². The van der Waals surface area contributed by atoms with E-state index in [1.165, 1.54) is 0 Å². The molecule has 0 aliphatic carbocycles. The van der Waals surface area contributed by atoms with E-state index >= 15 is 0 Å². The van der Waals surface area contributed by atoms with E-state index < -0.39 is 11.6 Å². The Kier molecular flexibility index (Phi) is 4.89. The van der Waals surface area contributed by atoms with Gasteiger partial charge in [-0.3, -0.25) is 4.90 Å². The Bertz CT molecular complexity index is 784. The van der Waals surface area contributed by atoms with Gasteiger partial charge in [0.15, 0.2) is 0 Å². The van der Waals surface area contributed by atoms with Gasteiger partial charge >= 0.3 is 5.97 Å².